The van der Waals surface area contributed by atoms with Crippen LogP contribution in [0.4, 0.5) is 0 Å². The summed E-state index contributed by atoms with van der Waals surface area (Å²) in [5.41, 5.74) is 1.28. The summed E-state index contributed by atoms with van der Waals surface area (Å²) in [6.45, 7) is 4.44. The quantitative estimate of drug-likeness (QED) is 0.677. The molecule has 0 spiro atoms. The van der Waals surface area contributed by atoms with Gasteiger partial charge in [-0.2, -0.15) is 0 Å². The molecule has 4 nitrogen and oxygen atoms in total. The average Bonchev–Trinajstić information content (AvgIpc) is 2.87. The van der Waals surface area contributed by atoms with E-state index in [9.17, 15) is 4.57 Å². The molecule has 0 saturated carbocycles. The SMILES string of the molecule is CCOP(=O)(CC1=NC(Cc2ccccc2)CS1)OCC. The summed E-state index contributed by atoms with van der Waals surface area (Å²) in [6, 6.07) is 10.6. The van der Waals surface area contributed by atoms with Crippen molar-refractivity contribution in [2.24, 2.45) is 4.99 Å². The van der Waals surface area contributed by atoms with Gasteiger partial charge in [-0.1, -0.05) is 30.3 Å². The molecule has 6 heteroatoms. The predicted octanol–water partition coefficient (Wildman–Crippen LogP) is 4.01. The molecule has 0 radical (unpaired) electrons. The van der Waals surface area contributed by atoms with Crippen LogP contribution in [0.3, 0.4) is 0 Å². The molecule has 0 saturated heterocycles. The summed E-state index contributed by atoms with van der Waals surface area (Å²) in [5, 5.41) is 0.890. The fourth-order valence-corrected chi connectivity index (χ4v) is 5.33. The second-order valence-electron chi connectivity index (χ2n) is 4.78. The Morgan fingerprint density at radius 1 is 1.24 bits per heavy atom. The molecule has 0 N–H and O–H groups in total. The van der Waals surface area contributed by atoms with Crippen LogP contribution in [-0.4, -0.2) is 36.2 Å². The van der Waals surface area contributed by atoms with Crippen molar-refractivity contribution in [1.29, 1.82) is 0 Å². The van der Waals surface area contributed by atoms with Gasteiger partial charge in [0.1, 0.15) is 0 Å². The Morgan fingerprint density at radius 3 is 2.52 bits per heavy atom. The van der Waals surface area contributed by atoms with Gasteiger partial charge in [0.05, 0.1) is 30.5 Å². The van der Waals surface area contributed by atoms with Gasteiger partial charge >= 0.3 is 7.60 Å². The van der Waals surface area contributed by atoms with Crippen molar-refractivity contribution in [2.75, 3.05) is 25.1 Å². The van der Waals surface area contributed by atoms with Crippen LogP contribution in [0.1, 0.15) is 19.4 Å². The highest BCUT2D eigenvalue weighted by molar-refractivity contribution is 8.14. The van der Waals surface area contributed by atoms with Gasteiger partial charge in [-0.25, -0.2) is 0 Å². The van der Waals surface area contributed by atoms with Gasteiger partial charge in [-0.15, -0.1) is 11.8 Å². The lowest BCUT2D eigenvalue weighted by Gasteiger charge is -2.16. The van der Waals surface area contributed by atoms with Gasteiger partial charge in [0.15, 0.2) is 0 Å². The Morgan fingerprint density at radius 2 is 1.90 bits per heavy atom. The molecule has 2 rings (SSSR count). The maximum atomic E-state index is 12.5. The molecule has 0 fully saturated rings. The second-order valence-corrected chi connectivity index (χ2v) is 7.93. The van der Waals surface area contributed by atoms with Crippen LogP contribution in [0.2, 0.25) is 0 Å². The lowest BCUT2D eigenvalue weighted by molar-refractivity contribution is 0.223. The normalized spacial score (nSPS) is 18.8. The van der Waals surface area contributed by atoms with Crippen molar-refractivity contribution in [3.8, 4) is 0 Å². The zero-order valence-corrected chi connectivity index (χ0v) is 14.2. The summed E-state index contributed by atoms with van der Waals surface area (Å²) >= 11 is 1.67. The molecule has 1 aromatic carbocycles. The Kier molecular flexibility index (Phi) is 6.49. The van der Waals surface area contributed by atoms with Gasteiger partial charge in [0, 0.05) is 5.75 Å². The summed E-state index contributed by atoms with van der Waals surface area (Å²) in [4.78, 5) is 4.68. The summed E-state index contributed by atoms with van der Waals surface area (Å²) in [7, 11) is -3.03. The summed E-state index contributed by atoms with van der Waals surface area (Å²) in [5.74, 6) is 0.933. The third-order valence-corrected chi connectivity index (χ3v) is 6.40. The number of hydrogen-bond donors (Lipinski definition) is 0. The number of rotatable bonds is 8. The third-order valence-electron chi connectivity index (χ3n) is 3.06. The van der Waals surface area contributed by atoms with Gasteiger partial charge in [0.25, 0.3) is 0 Å². The van der Waals surface area contributed by atoms with E-state index in [2.05, 4.69) is 17.1 Å². The molecule has 21 heavy (non-hydrogen) atoms. The van der Waals surface area contributed by atoms with E-state index in [-0.39, 0.29) is 6.04 Å². The van der Waals surface area contributed by atoms with Crippen LogP contribution in [0, 0.1) is 0 Å². The monoisotopic (exact) mass is 327 g/mol. The Labute approximate surface area is 130 Å². The van der Waals surface area contributed by atoms with Crippen molar-refractivity contribution in [3.63, 3.8) is 0 Å². The highest BCUT2D eigenvalue weighted by atomic mass is 32.2. The molecule has 1 atom stereocenters. The van der Waals surface area contributed by atoms with E-state index >= 15 is 0 Å². The van der Waals surface area contributed by atoms with Crippen LogP contribution < -0.4 is 0 Å². The molecule has 1 unspecified atom stereocenters. The molecule has 1 aliphatic rings. The number of aliphatic imine (C=N–C) groups is 1. The zero-order valence-electron chi connectivity index (χ0n) is 12.5. The van der Waals surface area contributed by atoms with Crippen LogP contribution in [-0.2, 0) is 20.0 Å². The molecular weight excluding hydrogens is 305 g/mol. The first kappa shape index (κ1) is 16.8. The molecule has 0 amide bonds. The first-order chi connectivity index (χ1) is 10.1. The summed E-state index contributed by atoms with van der Waals surface area (Å²) < 4.78 is 23.1. The smallest absolute Gasteiger partial charge is 0.309 e. The largest absolute Gasteiger partial charge is 0.337 e. The van der Waals surface area contributed by atoms with E-state index in [0.717, 1.165) is 17.2 Å². The molecule has 0 aromatic heterocycles. The van der Waals surface area contributed by atoms with E-state index in [1.165, 1.54) is 5.56 Å². The first-order valence-electron chi connectivity index (χ1n) is 7.26. The Balaban J connectivity index is 1.95. The molecule has 1 aliphatic heterocycles. The Bertz CT molecular complexity index is 511. The van der Waals surface area contributed by atoms with Crippen molar-refractivity contribution in [1.82, 2.24) is 0 Å². The van der Waals surface area contributed by atoms with E-state index in [1.807, 2.05) is 32.0 Å². The van der Waals surface area contributed by atoms with Gasteiger partial charge in [-0.3, -0.25) is 9.56 Å². The molecular formula is C15H22NO3PS. The van der Waals surface area contributed by atoms with E-state index in [4.69, 9.17) is 9.05 Å². The van der Waals surface area contributed by atoms with Crippen LogP contribution in [0.5, 0.6) is 0 Å². The summed E-state index contributed by atoms with van der Waals surface area (Å²) in [6.07, 6.45) is 1.22. The van der Waals surface area contributed by atoms with E-state index < -0.39 is 7.60 Å². The minimum atomic E-state index is -3.03. The molecule has 0 aliphatic carbocycles. The number of benzene rings is 1. The second kappa shape index (κ2) is 8.14. The van der Waals surface area contributed by atoms with Gasteiger partial charge in [-0.05, 0) is 25.8 Å². The van der Waals surface area contributed by atoms with Crippen molar-refractivity contribution in [3.05, 3.63) is 35.9 Å². The van der Waals surface area contributed by atoms with Crippen LogP contribution in [0.25, 0.3) is 0 Å². The number of hydrogen-bond acceptors (Lipinski definition) is 5. The zero-order chi connectivity index (χ0) is 15.1. The molecule has 1 aromatic rings. The highest BCUT2D eigenvalue weighted by Crippen LogP contribution is 2.49. The number of nitrogens with zero attached hydrogens (tertiary/aromatic N) is 1. The number of thioether (sulfide) groups is 1. The molecule has 0 bridgehead atoms. The van der Waals surface area contributed by atoms with E-state index in [0.29, 0.717) is 19.4 Å². The standard InChI is InChI=1S/C15H22NO3PS/c1-3-18-20(17,19-4-2)11-15-16-14(12-21-15)10-13-8-6-5-7-9-13/h5-9,14H,3-4,10-12H2,1-2H3. The lowest BCUT2D eigenvalue weighted by Crippen LogP contribution is -2.08. The highest BCUT2D eigenvalue weighted by Gasteiger charge is 2.29. The Hall–Kier alpha value is -0.610. The van der Waals surface area contributed by atoms with Crippen molar-refractivity contribution in [2.45, 2.75) is 26.3 Å². The fourth-order valence-electron chi connectivity index (χ4n) is 2.24. The van der Waals surface area contributed by atoms with Crippen molar-refractivity contribution >= 4 is 24.4 Å². The fraction of sp³-hybridized carbons (Fsp3) is 0.533. The van der Waals surface area contributed by atoms with Crippen LogP contribution >= 0.6 is 19.4 Å². The predicted molar refractivity (Wildman–Crippen MR) is 89.6 cm³/mol. The maximum Gasteiger partial charge on any atom is 0.337 e. The van der Waals surface area contributed by atoms with Crippen molar-refractivity contribution < 1.29 is 13.6 Å². The average molecular weight is 327 g/mol. The van der Waals surface area contributed by atoms with E-state index in [1.54, 1.807) is 11.8 Å². The lowest BCUT2D eigenvalue weighted by atomic mass is 10.1. The third kappa shape index (κ3) is 5.26. The molecule has 1 heterocycles. The topological polar surface area (TPSA) is 47.9 Å². The van der Waals surface area contributed by atoms with Gasteiger partial charge < -0.3 is 9.05 Å². The minimum Gasteiger partial charge on any atom is -0.309 e. The van der Waals surface area contributed by atoms with Crippen LogP contribution in [0.15, 0.2) is 35.3 Å². The van der Waals surface area contributed by atoms with Gasteiger partial charge in [0.2, 0.25) is 0 Å². The molecule has 116 valence electrons. The minimum absolute atomic E-state index is 0.254. The first-order valence-corrected chi connectivity index (χ1v) is 9.98. The maximum absolute atomic E-state index is 12.5.